The number of benzene rings is 2. The Hall–Kier alpha value is -3.17. The van der Waals surface area contributed by atoms with Gasteiger partial charge in [-0.1, -0.05) is 36.0 Å². The van der Waals surface area contributed by atoms with Crippen molar-refractivity contribution in [3.8, 4) is 0 Å². The number of rotatable bonds is 6. The number of thioether (sulfide) groups is 1. The molecule has 0 unspecified atom stereocenters. The number of aromatic nitrogens is 1. The van der Waals surface area contributed by atoms with Gasteiger partial charge in [-0.2, -0.15) is 0 Å². The average molecular weight is 554 g/mol. The molecule has 1 aromatic heterocycles. The predicted octanol–water partition coefficient (Wildman–Crippen LogP) is 0.966. The van der Waals surface area contributed by atoms with Crippen molar-refractivity contribution in [3.05, 3.63) is 71.4 Å². The number of imide groups is 1. The molecule has 180 valence electrons. The lowest BCUT2D eigenvalue weighted by Gasteiger charge is -2.21. The van der Waals surface area contributed by atoms with Crippen LogP contribution in [0.2, 0.25) is 0 Å². The van der Waals surface area contributed by atoms with Crippen LogP contribution >= 0.6 is 11.8 Å². The molecule has 2 amide bonds. The van der Waals surface area contributed by atoms with Crippen LogP contribution in [0.15, 0.2) is 70.7 Å². The number of hydroxylamine groups is 2. The van der Waals surface area contributed by atoms with Gasteiger partial charge in [-0.05, 0) is 36.3 Å². The second-order valence-electron chi connectivity index (χ2n) is 8.25. The highest BCUT2D eigenvalue weighted by Crippen LogP contribution is 2.46. The molecule has 1 saturated heterocycles. The van der Waals surface area contributed by atoms with Crippen LogP contribution in [-0.2, 0) is 26.3 Å². The maximum absolute atomic E-state index is 12.3. The first-order chi connectivity index (χ1) is 16.5. The summed E-state index contributed by atoms with van der Waals surface area (Å²) in [6, 6.07) is 18.6. The molecular weight excluding hydrogens is 530 g/mol. The molecule has 0 aliphatic carbocycles. The number of anilines is 1. The van der Waals surface area contributed by atoms with Crippen molar-refractivity contribution >= 4 is 52.2 Å². The number of halogens is 1. The fourth-order valence-electron chi connectivity index (χ4n) is 4.22. The van der Waals surface area contributed by atoms with Gasteiger partial charge in [0.25, 0.3) is 11.8 Å². The van der Waals surface area contributed by atoms with Gasteiger partial charge in [-0.15, -0.1) is 5.06 Å². The summed E-state index contributed by atoms with van der Waals surface area (Å²) in [5.74, 6) is -1.50. The molecule has 35 heavy (non-hydrogen) atoms. The van der Waals surface area contributed by atoms with Crippen molar-refractivity contribution in [3.63, 3.8) is 0 Å². The Labute approximate surface area is 218 Å². The number of fused-ring (bicyclic) bond motifs is 2. The third-order valence-electron chi connectivity index (χ3n) is 5.95. The molecule has 2 aliphatic rings. The second kappa shape index (κ2) is 10.6. The monoisotopic (exact) mass is 553 g/mol. The third kappa shape index (κ3) is 5.11. The Morgan fingerprint density at radius 3 is 2.57 bits per heavy atom. The number of amides is 2. The van der Waals surface area contributed by atoms with E-state index in [9.17, 15) is 14.4 Å². The zero-order valence-corrected chi connectivity index (χ0v) is 21.5. The molecule has 3 heterocycles. The molecule has 0 bridgehead atoms. The van der Waals surface area contributed by atoms with E-state index >= 15 is 0 Å². The molecule has 2 aromatic carbocycles. The van der Waals surface area contributed by atoms with Crippen LogP contribution in [0.25, 0.3) is 17.0 Å². The summed E-state index contributed by atoms with van der Waals surface area (Å²) < 4.78 is 2.10. The molecule has 0 atom stereocenters. The fourth-order valence-corrected chi connectivity index (χ4v) is 5.36. The van der Waals surface area contributed by atoms with Crippen LogP contribution < -0.4 is 26.4 Å². The first-order valence-corrected chi connectivity index (χ1v) is 12.0. The molecule has 2 aliphatic heterocycles. The summed E-state index contributed by atoms with van der Waals surface area (Å²) >= 11 is 1.70. The van der Waals surface area contributed by atoms with E-state index < -0.39 is 17.8 Å². The van der Waals surface area contributed by atoms with Gasteiger partial charge in [-0.25, -0.2) is 9.36 Å². The van der Waals surface area contributed by atoms with Gasteiger partial charge in [0.05, 0.1) is 16.1 Å². The Morgan fingerprint density at radius 2 is 1.77 bits per heavy atom. The van der Waals surface area contributed by atoms with Crippen molar-refractivity contribution in [2.45, 2.75) is 30.6 Å². The van der Waals surface area contributed by atoms with Crippen molar-refractivity contribution in [1.82, 2.24) is 5.06 Å². The minimum Gasteiger partial charge on any atom is -1.00 e. The van der Waals surface area contributed by atoms with Gasteiger partial charge < -0.3 is 26.7 Å². The van der Waals surface area contributed by atoms with Gasteiger partial charge in [-0.3, -0.25) is 9.59 Å². The van der Waals surface area contributed by atoms with Crippen molar-refractivity contribution in [2.24, 2.45) is 7.05 Å². The quantitative estimate of drug-likeness (QED) is 0.334. The highest BCUT2D eigenvalue weighted by atomic mass is 79.9. The molecule has 3 aromatic rings. The standard InChI is InChI=1S/C26H24N3O4S.BrH/c1-27-16-14-18(19-7-2-3-8-20(19)27)17-25-28(21-9-4-5-10-22(21)34-25)15-6-11-26(32)33-29-23(30)12-13-24(29)31;/h2-5,7-10,14,16-17H,6,11-13,15H2,1H3;1H/q+1;/p-1. The molecule has 7 nitrogen and oxygen atoms in total. The van der Waals surface area contributed by atoms with Crippen LogP contribution in [0.1, 0.15) is 31.2 Å². The summed E-state index contributed by atoms with van der Waals surface area (Å²) in [7, 11) is 2.04. The number of nitrogens with zero attached hydrogens (tertiary/aromatic N) is 3. The van der Waals surface area contributed by atoms with E-state index in [0.29, 0.717) is 18.0 Å². The van der Waals surface area contributed by atoms with E-state index in [1.165, 1.54) is 5.39 Å². The van der Waals surface area contributed by atoms with Crippen LogP contribution in [0.4, 0.5) is 5.69 Å². The zero-order valence-electron chi connectivity index (χ0n) is 19.1. The highest BCUT2D eigenvalue weighted by Gasteiger charge is 2.33. The SMILES string of the molecule is C[n+]1ccc(/C=C2\Sc3ccccc3N2CCCC(=O)ON2C(=O)CCC2=O)c2ccccc21.[Br-]. The number of pyridine rings is 1. The van der Waals surface area contributed by atoms with E-state index in [2.05, 4.69) is 52.1 Å². The minimum absolute atomic E-state index is 0. The van der Waals surface area contributed by atoms with Crippen molar-refractivity contribution in [1.29, 1.82) is 0 Å². The zero-order chi connectivity index (χ0) is 23.7. The maximum Gasteiger partial charge on any atom is 0.333 e. The third-order valence-corrected chi connectivity index (χ3v) is 7.06. The first-order valence-electron chi connectivity index (χ1n) is 11.2. The Bertz CT molecular complexity index is 1330. The number of aryl methyl sites for hydroxylation is 1. The second-order valence-corrected chi connectivity index (χ2v) is 9.31. The van der Waals surface area contributed by atoms with E-state index in [0.717, 1.165) is 26.7 Å². The number of hydrogen-bond acceptors (Lipinski definition) is 6. The Balaban J connectivity index is 0.00000289. The molecule has 0 N–H and O–H groups in total. The largest absolute Gasteiger partial charge is 1.00 e. The summed E-state index contributed by atoms with van der Waals surface area (Å²) in [6.07, 6.45) is 5.06. The maximum atomic E-state index is 12.3. The van der Waals surface area contributed by atoms with Gasteiger partial charge in [0, 0.05) is 42.8 Å². The number of carbonyl (C=O) groups is 3. The molecule has 0 spiro atoms. The first kappa shape index (κ1) is 24.9. The van der Waals surface area contributed by atoms with Crippen molar-refractivity contribution < 1.29 is 40.8 Å². The van der Waals surface area contributed by atoms with E-state index in [4.69, 9.17) is 4.84 Å². The number of para-hydroxylation sites is 2. The topological polar surface area (TPSA) is 70.8 Å². The van der Waals surface area contributed by atoms with Crippen LogP contribution in [-0.4, -0.2) is 29.4 Å². The smallest absolute Gasteiger partial charge is 0.333 e. The lowest BCUT2D eigenvalue weighted by Crippen LogP contribution is -3.00. The summed E-state index contributed by atoms with van der Waals surface area (Å²) in [4.78, 5) is 44.0. The molecule has 1 fully saturated rings. The minimum atomic E-state index is -0.573. The summed E-state index contributed by atoms with van der Waals surface area (Å²) in [5, 5.41) is 2.85. The lowest BCUT2D eigenvalue weighted by atomic mass is 10.1. The van der Waals surface area contributed by atoms with Crippen LogP contribution in [0.5, 0.6) is 0 Å². The summed E-state index contributed by atoms with van der Waals surface area (Å²) in [6.45, 7) is 0.603. The van der Waals surface area contributed by atoms with Gasteiger partial charge >= 0.3 is 5.97 Å². The number of hydrogen-bond donors (Lipinski definition) is 0. The molecule has 9 heteroatoms. The fraction of sp³-hybridized carbons (Fsp3) is 0.231. The molecular formula is C26H24BrN3O4S. The average Bonchev–Trinajstić information content (AvgIpc) is 3.35. The van der Waals surface area contributed by atoms with Gasteiger partial charge in [0.2, 0.25) is 5.52 Å². The van der Waals surface area contributed by atoms with Crippen LogP contribution in [0.3, 0.4) is 0 Å². The molecule has 5 rings (SSSR count). The highest BCUT2D eigenvalue weighted by molar-refractivity contribution is 8.03. The predicted molar refractivity (Wildman–Crippen MR) is 129 cm³/mol. The van der Waals surface area contributed by atoms with E-state index in [-0.39, 0.29) is 36.2 Å². The van der Waals surface area contributed by atoms with Crippen LogP contribution in [0, 0.1) is 0 Å². The molecule has 0 radical (unpaired) electrons. The number of carbonyl (C=O) groups excluding carboxylic acids is 3. The van der Waals surface area contributed by atoms with Gasteiger partial charge in [0.15, 0.2) is 6.20 Å². The van der Waals surface area contributed by atoms with Crippen molar-refractivity contribution in [2.75, 3.05) is 11.4 Å². The summed E-state index contributed by atoms with van der Waals surface area (Å²) in [5.41, 5.74) is 3.37. The van der Waals surface area contributed by atoms with Gasteiger partial charge in [0.1, 0.15) is 7.05 Å². The Kier molecular flexibility index (Phi) is 7.57. The Morgan fingerprint density at radius 1 is 1.06 bits per heavy atom. The van der Waals surface area contributed by atoms with E-state index in [1.54, 1.807) is 11.8 Å². The van der Waals surface area contributed by atoms with E-state index in [1.807, 2.05) is 31.3 Å². The lowest BCUT2D eigenvalue weighted by molar-refractivity contribution is -0.644. The normalized spacial score (nSPS) is 16.1. The molecule has 0 saturated carbocycles.